The van der Waals surface area contributed by atoms with Crippen LogP contribution in [0.25, 0.3) is 0 Å². The second-order valence-electron chi connectivity index (χ2n) is 4.55. The van der Waals surface area contributed by atoms with E-state index >= 15 is 0 Å². The van der Waals surface area contributed by atoms with Crippen molar-refractivity contribution in [3.63, 3.8) is 0 Å². The largest absolute Gasteiger partial charge is 0.384 e. The minimum atomic E-state index is -3.46. The zero-order valence-corrected chi connectivity index (χ0v) is 11.3. The van der Waals surface area contributed by atoms with Gasteiger partial charge >= 0.3 is 0 Å². The molecule has 1 aliphatic carbocycles. The van der Waals surface area contributed by atoms with E-state index in [0.717, 1.165) is 12.8 Å². The second kappa shape index (κ2) is 5.67. The molecule has 1 saturated carbocycles. The molecule has 0 bridgehead atoms. The van der Waals surface area contributed by atoms with Gasteiger partial charge in [-0.2, -0.15) is 0 Å². The summed E-state index contributed by atoms with van der Waals surface area (Å²) in [5.74, 6) is 0.499. The van der Waals surface area contributed by atoms with Crippen molar-refractivity contribution in [1.29, 1.82) is 0 Å². The Kier molecular flexibility index (Phi) is 4.19. The molecule has 0 aliphatic heterocycles. The summed E-state index contributed by atoms with van der Waals surface area (Å²) < 4.78 is 27.0. The first-order valence-electron chi connectivity index (χ1n) is 6.31. The maximum atomic E-state index is 12.2. The van der Waals surface area contributed by atoms with E-state index < -0.39 is 10.0 Å². The van der Waals surface area contributed by atoms with Gasteiger partial charge in [0, 0.05) is 25.5 Å². The summed E-state index contributed by atoms with van der Waals surface area (Å²) >= 11 is 0. The van der Waals surface area contributed by atoms with Crippen LogP contribution in [-0.2, 0) is 10.0 Å². The highest BCUT2D eigenvalue weighted by atomic mass is 32.2. The first-order valence-corrected chi connectivity index (χ1v) is 7.79. The lowest BCUT2D eigenvalue weighted by Gasteiger charge is -2.25. The molecule has 0 atom stereocenters. The quantitative estimate of drug-likeness (QED) is 0.822. The molecule has 0 aromatic carbocycles. The maximum absolute atomic E-state index is 12.2. The Hall–Kier alpha value is -1.14. The summed E-state index contributed by atoms with van der Waals surface area (Å²) in [5, 5.41) is 3.04. The molecular weight excluding hydrogens is 250 g/mol. The molecular formula is C12H19N3O2S. The van der Waals surface area contributed by atoms with Gasteiger partial charge in [0.15, 0.2) is 0 Å². The van der Waals surface area contributed by atoms with E-state index in [1.165, 1.54) is 12.6 Å². The molecule has 0 amide bonds. The van der Waals surface area contributed by atoms with Gasteiger partial charge in [0.05, 0.1) is 5.69 Å². The predicted octanol–water partition coefficient (Wildman–Crippen LogP) is 1.59. The van der Waals surface area contributed by atoms with E-state index in [4.69, 9.17) is 0 Å². The fraction of sp³-hybridized carbons (Fsp3) is 0.583. The number of anilines is 1. The van der Waals surface area contributed by atoms with Crippen molar-refractivity contribution in [1.82, 2.24) is 9.71 Å². The van der Waals surface area contributed by atoms with E-state index in [9.17, 15) is 8.42 Å². The van der Waals surface area contributed by atoms with Gasteiger partial charge in [-0.3, -0.25) is 4.98 Å². The van der Waals surface area contributed by atoms with Crippen LogP contribution in [0.5, 0.6) is 0 Å². The number of aromatic nitrogens is 1. The summed E-state index contributed by atoms with van der Waals surface area (Å²) in [6.07, 6.45) is 6.43. The molecule has 0 radical (unpaired) electrons. The molecule has 2 rings (SSSR count). The van der Waals surface area contributed by atoms with Gasteiger partial charge in [-0.05, 0) is 31.7 Å². The highest BCUT2D eigenvalue weighted by Crippen LogP contribution is 2.26. The van der Waals surface area contributed by atoms with Crippen molar-refractivity contribution in [3.8, 4) is 0 Å². The van der Waals surface area contributed by atoms with Crippen LogP contribution in [0, 0.1) is 5.92 Å². The number of nitrogens with zero attached hydrogens (tertiary/aromatic N) is 1. The van der Waals surface area contributed by atoms with E-state index in [-0.39, 0.29) is 4.90 Å². The Morgan fingerprint density at radius 1 is 1.44 bits per heavy atom. The number of hydrogen-bond donors (Lipinski definition) is 2. The normalized spacial score (nSPS) is 16.3. The molecule has 100 valence electrons. The summed E-state index contributed by atoms with van der Waals surface area (Å²) in [6, 6.07) is 1.68. The van der Waals surface area contributed by atoms with Crippen LogP contribution < -0.4 is 10.0 Å². The zero-order chi connectivity index (χ0) is 13.0. The molecule has 0 unspecified atom stereocenters. The third-order valence-corrected chi connectivity index (χ3v) is 4.68. The molecule has 0 saturated heterocycles. The number of hydrogen-bond acceptors (Lipinski definition) is 4. The first-order chi connectivity index (χ1) is 8.63. The average molecular weight is 269 g/mol. The fourth-order valence-corrected chi connectivity index (χ4v) is 3.17. The molecule has 5 nitrogen and oxygen atoms in total. The minimum Gasteiger partial charge on any atom is -0.384 e. The van der Waals surface area contributed by atoms with Gasteiger partial charge in [0.1, 0.15) is 4.90 Å². The number of sulfonamides is 1. The first kappa shape index (κ1) is 13.3. The van der Waals surface area contributed by atoms with Crippen molar-refractivity contribution in [2.45, 2.75) is 31.1 Å². The lowest BCUT2D eigenvalue weighted by molar-refractivity contribution is 0.316. The number of pyridine rings is 1. The van der Waals surface area contributed by atoms with Crippen LogP contribution in [-0.4, -0.2) is 26.5 Å². The molecule has 1 aromatic heterocycles. The van der Waals surface area contributed by atoms with Crippen molar-refractivity contribution in [3.05, 3.63) is 18.5 Å². The Morgan fingerprint density at radius 3 is 2.83 bits per heavy atom. The van der Waals surface area contributed by atoms with Crippen LogP contribution >= 0.6 is 0 Å². The Bertz CT molecular complexity index is 498. The summed E-state index contributed by atoms with van der Waals surface area (Å²) in [4.78, 5) is 4.12. The smallest absolute Gasteiger partial charge is 0.244 e. The third kappa shape index (κ3) is 3.00. The van der Waals surface area contributed by atoms with E-state index in [0.29, 0.717) is 24.7 Å². The van der Waals surface area contributed by atoms with Crippen molar-refractivity contribution in [2.24, 2.45) is 5.92 Å². The SMILES string of the molecule is CCNc1ccncc1S(=O)(=O)NCC1CCC1. The molecule has 2 N–H and O–H groups in total. The van der Waals surface area contributed by atoms with Crippen LogP contribution in [0.3, 0.4) is 0 Å². The Labute approximate surface area is 108 Å². The molecule has 0 spiro atoms. The Morgan fingerprint density at radius 2 is 2.22 bits per heavy atom. The van der Waals surface area contributed by atoms with Gasteiger partial charge < -0.3 is 5.32 Å². The maximum Gasteiger partial charge on any atom is 0.244 e. The molecule has 6 heteroatoms. The highest BCUT2D eigenvalue weighted by molar-refractivity contribution is 7.89. The lowest BCUT2D eigenvalue weighted by Crippen LogP contribution is -2.32. The number of rotatable bonds is 6. The molecule has 1 aliphatic rings. The minimum absolute atomic E-state index is 0.228. The van der Waals surface area contributed by atoms with Crippen molar-refractivity contribution < 1.29 is 8.42 Å². The van der Waals surface area contributed by atoms with Crippen LogP contribution in [0.15, 0.2) is 23.4 Å². The highest BCUT2D eigenvalue weighted by Gasteiger charge is 2.23. The molecule has 18 heavy (non-hydrogen) atoms. The summed E-state index contributed by atoms with van der Waals surface area (Å²) in [5.41, 5.74) is 0.605. The van der Waals surface area contributed by atoms with E-state index in [2.05, 4.69) is 15.0 Å². The molecule has 1 fully saturated rings. The van der Waals surface area contributed by atoms with Gasteiger partial charge in [-0.25, -0.2) is 13.1 Å². The van der Waals surface area contributed by atoms with Crippen molar-refractivity contribution >= 4 is 15.7 Å². The summed E-state index contributed by atoms with van der Waals surface area (Å²) in [7, 11) is -3.46. The van der Waals surface area contributed by atoms with Crippen LogP contribution in [0.1, 0.15) is 26.2 Å². The second-order valence-corrected chi connectivity index (χ2v) is 6.29. The van der Waals surface area contributed by atoms with E-state index in [1.54, 1.807) is 12.3 Å². The monoisotopic (exact) mass is 269 g/mol. The van der Waals surface area contributed by atoms with E-state index in [1.807, 2.05) is 6.92 Å². The fourth-order valence-electron chi connectivity index (χ4n) is 1.93. The molecule has 1 heterocycles. The Balaban J connectivity index is 2.12. The van der Waals surface area contributed by atoms with Crippen molar-refractivity contribution in [2.75, 3.05) is 18.4 Å². The predicted molar refractivity (Wildman–Crippen MR) is 70.9 cm³/mol. The standard InChI is InChI=1S/C12H19N3O2S/c1-2-14-11-6-7-13-9-12(11)18(16,17)15-8-10-4-3-5-10/h6-7,9-10,15H,2-5,8H2,1H3,(H,13,14). The average Bonchev–Trinajstić information content (AvgIpc) is 2.28. The van der Waals surface area contributed by atoms with Crippen LogP contribution in [0.2, 0.25) is 0 Å². The number of nitrogens with one attached hydrogen (secondary N) is 2. The topological polar surface area (TPSA) is 71.1 Å². The van der Waals surface area contributed by atoms with Gasteiger partial charge in [-0.1, -0.05) is 6.42 Å². The third-order valence-electron chi connectivity index (χ3n) is 3.23. The summed E-state index contributed by atoms with van der Waals surface area (Å²) in [6.45, 7) is 3.14. The zero-order valence-electron chi connectivity index (χ0n) is 10.5. The van der Waals surface area contributed by atoms with Crippen LogP contribution in [0.4, 0.5) is 5.69 Å². The molecule has 1 aromatic rings. The van der Waals surface area contributed by atoms with Gasteiger partial charge in [0.2, 0.25) is 10.0 Å². The van der Waals surface area contributed by atoms with Gasteiger partial charge in [0.25, 0.3) is 0 Å². The lowest BCUT2D eigenvalue weighted by atomic mass is 9.86. The van der Waals surface area contributed by atoms with Gasteiger partial charge in [-0.15, -0.1) is 0 Å².